The second-order valence-corrected chi connectivity index (χ2v) is 6.27. The molecule has 5 heteroatoms. The molecule has 4 rings (SSSR count). The van der Waals surface area contributed by atoms with Gasteiger partial charge in [0.2, 0.25) is 5.95 Å². The first-order valence-corrected chi connectivity index (χ1v) is 8.39. The highest BCUT2D eigenvalue weighted by atomic mass is 19.1. The number of para-hydroxylation sites is 1. The third-order valence-electron chi connectivity index (χ3n) is 4.45. The van der Waals surface area contributed by atoms with Gasteiger partial charge >= 0.3 is 0 Å². The van der Waals surface area contributed by atoms with Gasteiger partial charge in [0.15, 0.2) is 0 Å². The Morgan fingerprint density at radius 2 is 1.92 bits per heavy atom. The van der Waals surface area contributed by atoms with Crippen LogP contribution in [0.4, 0.5) is 21.8 Å². The molecule has 2 aromatic carbocycles. The molecule has 1 atom stereocenters. The molecule has 3 aromatic rings. The number of benzene rings is 2. The van der Waals surface area contributed by atoms with Crippen LogP contribution in [0.15, 0.2) is 60.8 Å². The van der Waals surface area contributed by atoms with E-state index in [0.717, 1.165) is 17.8 Å². The van der Waals surface area contributed by atoms with E-state index in [1.807, 2.05) is 12.1 Å². The van der Waals surface area contributed by atoms with Crippen LogP contribution >= 0.6 is 0 Å². The van der Waals surface area contributed by atoms with Crippen molar-refractivity contribution in [3.63, 3.8) is 0 Å². The van der Waals surface area contributed by atoms with Crippen LogP contribution in [0.1, 0.15) is 18.1 Å². The van der Waals surface area contributed by atoms with E-state index >= 15 is 0 Å². The van der Waals surface area contributed by atoms with Crippen LogP contribution in [0.5, 0.6) is 0 Å². The van der Waals surface area contributed by atoms with Gasteiger partial charge in [-0.2, -0.15) is 4.98 Å². The zero-order valence-corrected chi connectivity index (χ0v) is 14.0. The second kappa shape index (κ2) is 6.51. The fraction of sp³-hybridized carbons (Fsp3) is 0.200. The van der Waals surface area contributed by atoms with E-state index < -0.39 is 0 Å². The van der Waals surface area contributed by atoms with Crippen LogP contribution in [0.25, 0.3) is 0 Å². The van der Waals surface area contributed by atoms with Crippen molar-refractivity contribution in [1.29, 1.82) is 0 Å². The molecule has 0 fully saturated rings. The van der Waals surface area contributed by atoms with Crippen LogP contribution in [0.3, 0.4) is 0 Å². The highest BCUT2D eigenvalue weighted by Crippen LogP contribution is 2.36. The first-order valence-electron chi connectivity index (χ1n) is 8.39. The van der Waals surface area contributed by atoms with Gasteiger partial charge in [0.25, 0.3) is 0 Å². The molecule has 0 saturated carbocycles. The fourth-order valence-corrected chi connectivity index (χ4v) is 3.23. The summed E-state index contributed by atoms with van der Waals surface area (Å²) in [5.74, 6) is 1.22. The molecule has 0 saturated heterocycles. The Morgan fingerprint density at radius 3 is 2.76 bits per heavy atom. The molecule has 25 heavy (non-hydrogen) atoms. The molecular weight excluding hydrogens is 315 g/mol. The van der Waals surface area contributed by atoms with Crippen molar-refractivity contribution >= 4 is 17.5 Å². The molecule has 0 spiro atoms. The molecular formula is C20H19FN4. The number of anilines is 3. The minimum absolute atomic E-state index is 0.227. The number of hydrogen-bond acceptors (Lipinski definition) is 4. The number of halogens is 1. The van der Waals surface area contributed by atoms with Crippen molar-refractivity contribution in [3.05, 3.63) is 77.7 Å². The van der Waals surface area contributed by atoms with Crippen molar-refractivity contribution in [2.45, 2.75) is 25.9 Å². The highest BCUT2D eigenvalue weighted by molar-refractivity contribution is 5.67. The molecule has 126 valence electrons. The summed E-state index contributed by atoms with van der Waals surface area (Å²) < 4.78 is 13.0. The maximum atomic E-state index is 13.0. The normalized spacial score (nSPS) is 15.9. The van der Waals surface area contributed by atoms with Crippen molar-refractivity contribution < 1.29 is 4.39 Å². The summed E-state index contributed by atoms with van der Waals surface area (Å²) in [6.07, 6.45) is 2.76. The van der Waals surface area contributed by atoms with Gasteiger partial charge in [-0.25, -0.2) is 9.37 Å². The lowest BCUT2D eigenvalue weighted by Gasteiger charge is -2.23. The summed E-state index contributed by atoms with van der Waals surface area (Å²) in [5.41, 5.74) is 3.50. The van der Waals surface area contributed by atoms with Crippen LogP contribution in [0.2, 0.25) is 0 Å². The molecule has 2 heterocycles. The Kier molecular flexibility index (Phi) is 4.06. The SMILES string of the molecule is CC1Cc2ccccc2N1c1nccc(NCc2ccc(F)cc2)n1. The lowest BCUT2D eigenvalue weighted by atomic mass is 10.1. The predicted molar refractivity (Wildman–Crippen MR) is 97.5 cm³/mol. The Hall–Kier alpha value is -2.95. The minimum Gasteiger partial charge on any atom is -0.366 e. The van der Waals surface area contributed by atoms with Gasteiger partial charge in [0, 0.05) is 24.5 Å². The summed E-state index contributed by atoms with van der Waals surface area (Å²) in [7, 11) is 0. The van der Waals surface area contributed by atoms with E-state index in [1.54, 1.807) is 18.3 Å². The van der Waals surface area contributed by atoms with Crippen molar-refractivity contribution in [3.8, 4) is 0 Å². The number of rotatable bonds is 4. The standard InChI is InChI=1S/C20H19FN4/c1-14-12-16-4-2-3-5-18(16)25(14)20-22-11-10-19(24-20)23-13-15-6-8-17(21)9-7-15/h2-11,14H,12-13H2,1H3,(H,22,23,24). The first-order chi connectivity index (χ1) is 12.2. The van der Waals surface area contributed by atoms with Crippen LogP contribution in [-0.2, 0) is 13.0 Å². The van der Waals surface area contributed by atoms with Crippen LogP contribution in [0, 0.1) is 5.82 Å². The average molecular weight is 334 g/mol. The lowest BCUT2D eigenvalue weighted by Crippen LogP contribution is -2.26. The van der Waals surface area contributed by atoms with Gasteiger partial charge in [-0.1, -0.05) is 30.3 Å². The quantitative estimate of drug-likeness (QED) is 0.772. The van der Waals surface area contributed by atoms with E-state index in [2.05, 4.69) is 45.3 Å². The number of nitrogens with one attached hydrogen (secondary N) is 1. The maximum Gasteiger partial charge on any atom is 0.232 e. The monoisotopic (exact) mass is 334 g/mol. The molecule has 0 radical (unpaired) electrons. The summed E-state index contributed by atoms with van der Waals surface area (Å²) in [6, 6.07) is 17.0. The third kappa shape index (κ3) is 3.18. The van der Waals surface area contributed by atoms with Gasteiger partial charge in [-0.3, -0.25) is 0 Å². The van der Waals surface area contributed by atoms with Crippen LogP contribution < -0.4 is 10.2 Å². The second-order valence-electron chi connectivity index (χ2n) is 6.27. The third-order valence-corrected chi connectivity index (χ3v) is 4.45. The van der Waals surface area contributed by atoms with E-state index in [-0.39, 0.29) is 5.82 Å². The Labute approximate surface area is 146 Å². The molecule has 1 aromatic heterocycles. The van der Waals surface area contributed by atoms with Gasteiger partial charge in [-0.05, 0) is 48.7 Å². The Bertz CT molecular complexity index is 879. The number of aromatic nitrogens is 2. The van der Waals surface area contributed by atoms with Gasteiger partial charge in [0.05, 0.1) is 0 Å². The predicted octanol–water partition coefficient (Wildman–Crippen LogP) is 4.31. The maximum absolute atomic E-state index is 13.0. The number of fused-ring (bicyclic) bond motifs is 1. The van der Waals surface area contributed by atoms with Gasteiger partial charge in [0.1, 0.15) is 11.6 Å². The number of nitrogens with zero attached hydrogens (tertiary/aromatic N) is 3. The fourth-order valence-electron chi connectivity index (χ4n) is 3.23. The largest absolute Gasteiger partial charge is 0.366 e. The zero-order valence-electron chi connectivity index (χ0n) is 14.0. The molecule has 1 N–H and O–H groups in total. The minimum atomic E-state index is -0.227. The average Bonchev–Trinajstić information content (AvgIpc) is 2.97. The van der Waals surface area contributed by atoms with Gasteiger partial charge in [-0.15, -0.1) is 0 Å². The van der Waals surface area contributed by atoms with E-state index in [0.29, 0.717) is 18.5 Å². The molecule has 0 amide bonds. The lowest BCUT2D eigenvalue weighted by molar-refractivity contribution is 0.627. The first kappa shape index (κ1) is 15.6. The molecule has 1 aliphatic rings. The summed E-state index contributed by atoms with van der Waals surface area (Å²) in [4.78, 5) is 11.3. The Morgan fingerprint density at radius 1 is 1.12 bits per heavy atom. The summed E-state index contributed by atoms with van der Waals surface area (Å²) in [5, 5.41) is 3.28. The zero-order chi connectivity index (χ0) is 17.2. The molecule has 0 aliphatic carbocycles. The van der Waals surface area contributed by atoms with Gasteiger partial charge < -0.3 is 10.2 Å². The Balaban J connectivity index is 1.54. The van der Waals surface area contributed by atoms with Crippen LogP contribution in [-0.4, -0.2) is 16.0 Å². The molecule has 1 aliphatic heterocycles. The van der Waals surface area contributed by atoms with Crippen molar-refractivity contribution in [2.75, 3.05) is 10.2 Å². The topological polar surface area (TPSA) is 41.1 Å². The smallest absolute Gasteiger partial charge is 0.232 e. The molecule has 4 nitrogen and oxygen atoms in total. The number of hydrogen-bond donors (Lipinski definition) is 1. The van der Waals surface area contributed by atoms with E-state index in [1.165, 1.54) is 23.4 Å². The van der Waals surface area contributed by atoms with Crippen molar-refractivity contribution in [2.24, 2.45) is 0 Å². The van der Waals surface area contributed by atoms with E-state index in [4.69, 9.17) is 0 Å². The van der Waals surface area contributed by atoms with Crippen molar-refractivity contribution in [1.82, 2.24) is 9.97 Å². The van der Waals surface area contributed by atoms with E-state index in [9.17, 15) is 4.39 Å². The summed E-state index contributed by atoms with van der Waals surface area (Å²) >= 11 is 0. The highest BCUT2D eigenvalue weighted by Gasteiger charge is 2.28. The molecule has 0 bridgehead atoms. The summed E-state index contributed by atoms with van der Waals surface area (Å²) in [6.45, 7) is 2.77. The molecule has 1 unspecified atom stereocenters.